The summed E-state index contributed by atoms with van der Waals surface area (Å²) in [6.07, 6.45) is 0.238. The minimum absolute atomic E-state index is 0.0665. The number of halogens is 1. The first-order valence-electron chi connectivity index (χ1n) is 9.34. The number of esters is 1. The van der Waals surface area contributed by atoms with E-state index in [4.69, 9.17) is 20.8 Å². The lowest BCUT2D eigenvalue weighted by Crippen LogP contribution is -2.26. The van der Waals surface area contributed by atoms with E-state index >= 15 is 0 Å². The van der Waals surface area contributed by atoms with Crippen molar-refractivity contribution in [2.75, 3.05) is 11.9 Å². The molecule has 1 N–H and O–H groups in total. The third-order valence-corrected chi connectivity index (χ3v) is 5.07. The Morgan fingerprint density at radius 3 is 2.97 bits per heavy atom. The Morgan fingerprint density at radius 2 is 2.21 bits per heavy atom. The summed E-state index contributed by atoms with van der Waals surface area (Å²) in [7, 11) is 0. The average Bonchev–Trinajstić information content (AvgIpc) is 3.27. The zero-order chi connectivity index (χ0) is 20.5. The van der Waals surface area contributed by atoms with E-state index in [2.05, 4.69) is 10.4 Å². The van der Waals surface area contributed by atoms with E-state index in [9.17, 15) is 9.59 Å². The van der Waals surface area contributed by atoms with Crippen LogP contribution in [0.1, 0.15) is 36.3 Å². The molecule has 1 amide bonds. The number of hydrogen-bond acceptors (Lipinski definition) is 5. The molecule has 0 spiro atoms. The van der Waals surface area contributed by atoms with Gasteiger partial charge in [0.15, 0.2) is 0 Å². The standard InChI is InChI=1S/C21H20ClN3O4/c1-3-28-19(27)11-25-21-20(12(2)24-25)15(10-18(26)23-21)17-8-7-16(29-17)13-5-4-6-14(22)9-13/h4-9,15H,3,10-11H2,1-2H3,(H,23,26). The normalized spacial score (nSPS) is 15.7. The number of nitrogens with zero attached hydrogens (tertiary/aromatic N) is 2. The van der Waals surface area contributed by atoms with Crippen LogP contribution in [0.25, 0.3) is 11.3 Å². The lowest BCUT2D eigenvalue weighted by atomic mass is 9.90. The van der Waals surface area contributed by atoms with Gasteiger partial charge in [-0.2, -0.15) is 5.10 Å². The number of hydrogen-bond donors (Lipinski definition) is 1. The van der Waals surface area contributed by atoms with Gasteiger partial charge in [-0.1, -0.05) is 23.7 Å². The van der Waals surface area contributed by atoms with Gasteiger partial charge in [0.05, 0.1) is 18.2 Å². The van der Waals surface area contributed by atoms with Crippen molar-refractivity contribution < 1.29 is 18.7 Å². The predicted molar refractivity (Wildman–Crippen MR) is 108 cm³/mol. The largest absolute Gasteiger partial charge is 0.465 e. The topological polar surface area (TPSA) is 86.4 Å². The number of carbonyl (C=O) groups excluding carboxylic acids is 2. The van der Waals surface area contributed by atoms with E-state index in [1.54, 1.807) is 13.0 Å². The minimum atomic E-state index is -0.407. The van der Waals surface area contributed by atoms with Gasteiger partial charge in [-0.25, -0.2) is 4.68 Å². The summed E-state index contributed by atoms with van der Waals surface area (Å²) in [4.78, 5) is 24.3. The minimum Gasteiger partial charge on any atom is -0.465 e. The summed E-state index contributed by atoms with van der Waals surface area (Å²) < 4.78 is 12.6. The first-order chi connectivity index (χ1) is 14.0. The molecule has 3 aromatic rings. The lowest BCUT2D eigenvalue weighted by molar-refractivity contribution is -0.144. The van der Waals surface area contributed by atoms with Crippen LogP contribution < -0.4 is 5.32 Å². The van der Waals surface area contributed by atoms with E-state index in [0.29, 0.717) is 22.4 Å². The molecule has 2 aromatic heterocycles. The van der Waals surface area contributed by atoms with Crippen molar-refractivity contribution in [2.45, 2.75) is 32.7 Å². The molecule has 0 saturated carbocycles. The fraction of sp³-hybridized carbons (Fsp3) is 0.286. The van der Waals surface area contributed by atoms with Crippen molar-refractivity contribution in [1.82, 2.24) is 9.78 Å². The molecule has 1 unspecified atom stereocenters. The summed E-state index contributed by atoms with van der Waals surface area (Å²) in [5, 5.41) is 7.90. The molecule has 29 heavy (non-hydrogen) atoms. The van der Waals surface area contributed by atoms with Crippen molar-refractivity contribution in [2.24, 2.45) is 0 Å². The molecule has 3 heterocycles. The van der Waals surface area contributed by atoms with Crippen LogP contribution in [-0.2, 0) is 20.9 Å². The second-order valence-electron chi connectivity index (χ2n) is 6.83. The monoisotopic (exact) mass is 413 g/mol. The Balaban J connectivity index is 1.70. The van der Waals surface area contributed by atoms with Crippen molar-refractivity contribution in [3.63, 3.8) is 0 Å². The average molecular weight is 414 g/mol. The highest BCUT2D eigenvalue weighted by atomic mass is 35.5. The molecule has 1 aliphatic heterocycles. The number of nitrogens with one attached hydrogen (secondary N) is 1. The third kappa shape index (κ3) is 3.78. The van der Waals surface area contributed by atoms with Gasteiger partial charge >= 0.3 is 5.97 Å². The molecular weight excluding hydrogens is 394 g/mol. The zero-order valence-corrected chi connectivity index (χ0v) is 16.8. The fourth-order valence-electron chi connectivity index (χ4n) is 3.64. The van der Waals surface area contributed by atoms with Crippen molar-refractivity contribution >= 4 is 29.3 Å². The van der Waals surface area contributed by atoms with Crippen LogP contribution in [0.3, 0.4) is 0 Å². The Labute approximate surface area is 172 Å². The van der Waals surface area contributed by atoms with Crippen molar-refractivity contribution in [3.05, 3.63) is 58.4 Å². The molecule has 1 aromatic carbocycles. The Morgan fingerprint density at radius 1 is 1.38 bits per heavy atom. The third-order valence-electron chi connectivity index (χ3n) is 4.83. The Hall–Kier alpha value is -3.06. The number of fused-ring (bicyclic) bond motifs is 1. The maximum atomic E-state index is 12.4. The van der Waals surface area contributed by atoms with Gasteiger partial charge in [0.25, 0.3) is 0 Å². The Kier molecular flexibility index (Phi) is 5.15. The smallest absolute Gasteiger partial charge is 0.327 e. The number of aryl methyl sites for hydroxylation is 1. The highest BCUT2D eigenvalue weighted by Crippen LogP contribution is 2.41. The van der Waals surface area contributed by atoms with Crippen LogP contribution >= 0.6 is 11.6 Å². The number of anilines is 1. The van der Waals surface area contributed by atoms with Gasteiger partial charge in [-0.05, 0) is 38.1 Å². The lowest BCUT2D eigenvalue weighted by Gasteiger charge is -2.22. The maximum absolute atomic E-state index is 12.4. The molecule has 7 nitrogen and oxygen atoms in total. The SMILES string of the molecule is CCOC(=O)Cn1nc(C)c2c1NC(=O)CC2c1ccc(-c2cccc(Cl)c2)o1. The van der Waals surface area contributed by atoms with Crippen molar-refractivity contribution in [1.29, 1.82) is 0 Å². The van der Waals surface area contributed by atoms with Crippen LogP contribution in [0.5, 0.6) is 0 Å². The number of furan rings is 1. The van der Waals surface area contributed by atoms with E-state index in [1.165, 1.54) is 4.68 Å². The number of amides is 1. The van der Waals surface area contributed by atoms with Gasteiger partial charge in [0.2, 0.25) is 5.91 Å². The maximum Gasteiger partial charge on any atom is 0.327 e. The van der Waals surface area contributed by atoms with Gasteiger partial charge in [-0.3, -0.25) is 9.59 Å². The van der Waals surface area contributed by atoms with E-state index in [0.717, 1.165) is 16.8 Å². The van der Waals surface area contributed by atoms with Gasteiger partial charge in [0, 0.05) is 22.6 Å². The fourth-order valence-corrected chi connectivity index (χ4v) is 3.83. The Bertz CT molecular complexity index is 1090. The van der Waals surface area contributed by atoms with Crippen LogP contribution in [-0.4, -0.2) is 28.3 Å². The molecular formula is C21H20ClN3O4. The molecule has 4 rings (SSSR count). The number of ether oxygens (including phenoxy) is 1. The second-order valence-corrected chi connectivity index (χ2v) is 7.26. The summed E-state index contributed by atoms with van der Waals surface area (Å²) in [6.45, 7) is 3.82. The van der Waals surface area contributed by atoms with Crippen LogP contribution in [0.2, 0.25) is 5.02 Å². The molecule has 0 saturated heterocycles. The quantitative estimate of drug-likeness (QED) is 0.635. The highest BCUT2D eigenvalue weighted by molar-refractivity contribution is 6.30. The molecule has 1 aliphatic rings. The molecule has 0 bridgehead atoms. The molecule has 150 valence electrons. The first-order valence-corrected chi connectivity index (χ1v) is 9.72. The van der Waals surface area contributed by atoms with Gasteiger partial charge in [-0.15, -0.1) is 0 Å². The summed E-state index contributed by atoms with van der Waals surface area (Å²) in [5.41, 5.74) is 2.44. The zero-order valence-electron chi connectivity index (χ0n) is 16.1. The first kappa shape index (κ1) is 19.3. The number of benzene rings is 1. The van der Waals surface area contributed by atoms with Crippen LogP contribution in [0.15, 0.2) is 40.8 Å². The summed E-state index contributed by atoms with van der Waals surface area (Å²) in [6, 6.07) is 11.1. The number of aromatic nitrogens is 2. The summed E-state index contributed by atoms with van der Waals surface area (Å²) in [5.74, 6) is 0.991. The molecule has 8 heteroatoms. The molecule has 0 aliphatic carbocycles. The molecule has 0 radical (unpaired) electrons. The number of rotatable bonds is 5. The molecule has 1 atom stereocenters. The molecule has 0 fully saturated rings. The highest BCUT2D eigenvalue weighted by Gasteiger charge is 2.34. The van der Waals surface area contributed by atoms with Gasteiger partial charge < -0.3 is 14.5 Å². The number of carbonyl (C=O) groups is 2. The predicted octanol–water partition coefficient (Wildman–Crippen LogP) is 4.14. The summed E-state index contributed by atoms with van der Waals surface area (Å²) >= 11 is 6.08. The van der Waals surface area contributed by atoms with Gasteiger partial charge in [0.1, 0.15) is 23.9 Å². The van der Waals surface area contributed by atoms with Crippen molar-refractivity contribution in [3.8, 4) is 11.3 Å². The van der Waals surface area contributed by atoms with Crippen LogP contribution in [0, 0.1) is 6.92 Å². The van der Waals surface area contributed by atoms with Crippen LogP contribution in [0.4, 0.5) is 5.82 Å². The van der Waals surface area contributed by atoms with E-state index in [1.807, 2.05) is 37.3 Å². The van der Waals surface area contributed by atoms with E-state index in [-0.39, 0.29) is 31.4 Å². The van der Waals surface area contributed by atoms with E-state index < -0.39 is 5.97 Å². The second kappa shape index (κ2) is 7.75.